The van der Waals surface area contributed by atoms with Crippen molar-refractivity contribution in [1.82, 2.24) is 9.88 Å². The number of pyridine rings is 1. The van der Waals surface area contributed by atoms with E-state index in [1.807, 2.05) is 24.3 Å². The lowest BCUT2D eigenvalue weighted by atomic mass is 9.81. The number of nitrogens with zero attached hydrogens (tertiary/aromatic N) is 2. The molecule has 1 unspecified atom stereocenters. The molecule has 4 nitrogen and oxygen atoms in total. The lowest BCUT2D eigenvalue weighted by Gasteiger charge is -2.32. The first-order valence-corrected chi connectivity index (χ1v) is 13.7. The number of carbonyl (C=O) groups excluding carboxylic acids is 1. The normalized spacial score (nSPS) is 18.2. The fourth-order valence-corrected chi connectivity index (χ4v) is 6.12. The summed E-state index contributed by atoms with van der Waals surface area (Å²) >= 11 is 0. The summed E-state index contributed by atoms with van der Waals surface area (Å²) in [4.78, 5) is 20.6. The largest absolute Gasteiger partial charge is 0.398 e. The van der Waals surface area contributed by atoms with E-state index in [9.17, 15) is 4.79 Å². The van der Waals surface area contributed by atoms with Gasteiger partial charge in [-0.1, -0.05) is 80.6 Å². The average molecular weight is 543 g/mol. The molecular formula is C31H41Cl2N3O. The molecule has 0 amide bonds. The predicted octanol–water partition coefficient (Wildman–Crippen LogP) is 7.66. The zero-order chi connectivity index (χ0) is 24.0. The minimum Gasteiger partial charge on any atom is -0.398 e. The van der Waals surface area contributed by atoms with Crippen LogP contribution in [0.2, 0.25) is 0 Å². The zero-order valence-electron chi connectivity index (χ0n) is 21.7. The smallest absolute Gasteiger partial charge is 0.169 e. The number of anilines is 1. The van der Waals surface area contributed by atoms with Gasteiger partial charge in [0.05, 0.1) is 22.5 Å². The summed E-state index contributed by atoms with van der Waals surface area (Å²) < 4.78 is 0. The number of likely N-dealkylation sites (tertiary alicyclic amines) is 1. The molecule has 3 aromatic rings. The molecular weight excluding hydrogens is 501 g/mol. The third-order valence-corrected chi connectivity index (χ3v) is 8.23. The third kappa shape index (κ3) is 7.25. The molecule has 1 fully saturated rings. The molecule has 200 valence electrons. The number of nitrogens with two attached hydrogens (primary N) is 1. The summed E-state index contributed by atoms with van der Waals surface area (Å²) in [6.07, 6.45) is 11.8. The fourth-order valence-electron chi connectivity index (χ4n) is 6.12. The number of halogens is 2. The van der Waals surface area contributed by atoms with Crippen molar-refractivity contribution in [3.63, 3.8) is 0 Å². The van der Waals surface area contributed by atoms with Crippen LogP contribution in [0.5, 0.6) is 0 Å². The summed E-state index contributed by atoms with van der Waals surface area (Å²) in [5.74, 6) is 1.23. The predicted molar refractivity (Wildman–Crippen MR) is 159 cm³/mol. The molecule has 6 heteroatoms. The Morgan fingerprint density at radius 3 is 2.27 bits per heavy atom. The van der Waals surface area contributed by atoms with Crippen LogP contribution in [0.1, 0.15) is 79.4 Å². The van der Waals surface area contributed by atoms with E-state index in [1.54, 1.807) is 0 Å². The highest BCUT2D eigenvalue weighted by molar-refractivity contribution is 6.10. The zero-order valence-corrected chi connectivity index (χ0v) is 23.4. The fraction of sp³-hybridized carbons (Fsp3) is 0.484. The number of hydrogen-bond donors (Lipinski definition) is 1. The van der Waals surface area contributed by atoms with E-state index < -0.39 is 0 Å². The molecule has 0 saturated carbocycles. The topological polar surface area (TPSA) is 59.2 Å². The second-order valence-corrected chi connectivity index (χ2v) is 10.7. The number of ketones is 1. The van der Waals surface area contributed by atoms with Gasteiger partial charge in [-0.15, -0.1) is 24.8 Å². The van der Waals surface area contributed by atoms with E-state index >= 15 is 0 Å². The van der Waals surface area contributed by atoms with Crippen molar-refractivity contribution in [3.05, 3.63) is 71.4 Å². The van der Waals surface area contributed by atoms with Crippen LogP contribution >= 0.6 is 24.8 Å². The first-order chi connectivity index (χ1) is 17.2. The van der Waals surface area contributed by atoms with Crippen LogP contribution in [0.25, 0.3) is 10.9 Å². The first-order valence-electron chi connectivity index (χ1n) is 13.7. The maximum absolute atomic E-state index is 13.2. The number of Topliss-reactive ketones (excluding diaryl/α,β-unsaturated/α-hetero) is 1. The maximum Gasteiger partial charge on any atom is 0.169 e. The van der Waals surface area contributed by atoms with Crippen LogP contribution in [0.4, 0.5) is 5.69 Å². The molecule has 0 spiro atoms. The van der Waals surface area contributed by atoms with Gasteiger partial charge in [0, 0.05) is 17.8 Å². The minimum absolute atomic E-state index is 0. The van der Waals surface area contributed by atoms with Crippen LogP contribution in [0.3, 0.4) is 0 Å². The van der Waals surface area contributed by atoms with E-state index in [1.165, 1.54) is 57.2 Å². The number of aryl methyl sites for hydroxylation is 1. The Hall–Kier alpha value is -2.14. The van der Waals surface area contributed by atoms with Gasteiger partial charge in [-0.3, -0.25) is 14.7 Å². The molecule has 1 atom stereocenters. The number of rotatable bonds is 9. The first kappa shape index (κ1) is 29.4. The van der Waals surface area contributed by atoms with Crippen molar-refractivity contribution >= 4 is 47.2 Å². The van der Waals surface area contributed by atoms with Crippen molar-refractivity contribution in [1.29, 1.82) is 0 Å². The van der Waals surface area contributed by atoms with E-state index in [2.05, 4.69) is 35.2 Å². The number of nitrogen functional groups attached to an aromatic ring is 1. The Balaban J connectivity index is 0.00000190. The number of carbonyl (C=O) groups is 1. The summed E-state index contributed by atoms with van der Waals surface area (Å²) in [5, 5.41) is 0.908. The second-order valence-electron chi connectivity index (χ2n) is 10.7. The van der Waals surface area contributed by atoms with Gasteiger partial charge in [0.2, 0.25) is 0 Å². The molecule has 1 aliphatic heterocycles. The van der Waals surface area contributed by atoms with Crippen LogP contribution in [0, 0.1) is 11.8 Å². The van der Waals surface area contributed by atoms with Gasteiger partial charge in [0.25, 0.3) is 0 Å². The van der Waals surface area contributed by atoms with Crippen LogP contribution in [-0.2, 0) is 13.0 Å². The molecule has 2 N–H and O–H groups in total. The Morgan fingerprint density at radius 1 is 0.838 bits per heavy atom. The van der Waals surface area contributed by atoms with Gasteiger partial charge in [-0.2, -0.15) is 0 Å². The monoisotopic (exact) mass is 541 g/mol. The molecule has 1 saturated heterocycles. The quantitative estimate of drug-likeness (QED) is 0.282. The highest BCUT2D eigenvalue weighted by atomic mass is 35.5. The van der Waals surface area contributed by atoms with Gasteiger partial charge in [-0.25, -0.2) is 0 Å². The van der Waals surface area contributed by atoms with Gasteiger partial charge in [0.1, 0.15) is 0 Å². The van der Waals surface area contributed by atoms with E-state index in [0.29, 0.717) is 11.3 Å². The van der Waals surface area contributed by atoms with E-state index in [0.717, 1.165) is 54.7 Å². The minimum atomic E-state index is 0. The van der Waals surface area contributed by atoms with Crippen LogP contribution < -0.4 is 5.73 Å². The molecule has 2 aliphatic rings. The number of unbranched alkanes of at least 4 members (excludes halogenated alkanes) is 3. The third-order valence-electron chi connectivity index (χ3n) is 8.23. The Labute approximate surface area is 234 Å². The number of hydrogen-bond acceptors (Lipinski definition) is 4. The van der Waals surface area contributed by atoms with Gasteiger partial charge in [0.15, 0.2) is 5.78 Å². The van der Waals surface area contributed by atoms with Crippen LogP contribution in [-0.4, -0.2) is 28.8 Å². The summed E-state index contributed by atoms with van der Waals surface area (Å²) in [6, 6.07) is 18.7. The Bertz CT molecular complexity index is 1150. The van der Waals surface area contributed by atoms with Gasteiger partial charge >= 0.3 is 0 Å². The molecule has 2 heterocycles. The van der Waals surface area contributed by atoms with Gasteiger partial charge in [-0.05, 0) is 62.7 Å². The van der Waals surface area contributed by atoms with Crippen molar-refractivity contribution in [2.75, 3.05) is 18.8 Å². The lowest BCUT2D eigenvalue weighted by molar-refractivity contribution is 0.0892. The summed E-state index contributed by atoms with van der Waals surface area (Å²) in [5.41, 5.74) is 11.0. The Kier molecular flexibility index (Phi) is 11.2. The molecule has 5 rings (SSSR count). The van der Waals surface area contributed by atoms with Crippen molar-refractivity contribution < 1.29 is 4.79 Å². The average Bonchev–Trinajstić information content (AvgIpc) is 2.89. The summed E-state index contributed by atoms with van der Waals surface area (Å²) in [7, 11) is 0. The van der Waals surface area contributed by atoms with Gasteiger partial charge < -0.3 is 5.73 Å². The highest BCUT2D eigenvalue weighted by Gasteiger charge is 2.30. The Morgan fingerprint density at radius 2 is 1.51 bits per heavy atom. The highest BCUT2D eigenvalue weighted by Crippen LogP contribution is 2.35. The number of aromatic nitrogens is 1. The summed E-state index contributed by atoms with van der Waals surface area (Å²) in [6.45, 7) is 3.56. The molecule has 0 radical (unpaired) electrons. The van der Waals surface area contributed by atoms with E-state index in [4.69, 9.17) is 10.7 Å². The number of benzene rings is 2. The standard InChI is InChI=1S/C31H39N3O.2ClH/c32-30-26-14-8-9-15-27(26)33-28-17-16-25(31(35)29(28)30)13-7-2-1-4-10-23-18-20-34(21-19-23)22-24-11-5-3-6-12-24;;/h3,5-6,8-9,11-12,14-15,23,25H,1-2,4,7,10,13,16-22H2,(H2,32,33);2*1H. The number of piperidine rings is 1. The van der Waals surface area contributed by atoms with Crippen LogP contribution in [0.15, 0.2) is 54.6 Å². The van der Waals surface area contributed by atoms with Crippen molar-refractivity contribution in [2.24, 2.45) is 11.8 Å². The number of fused-ring (bicyclic) bond motifs is 2. The van der Waals surface area contributed by atoms with Crippen molar-refractivity contribution in [2.45, 2.75) is 70.8 Å². The van der Waals surface area contributed by atoms with Crippen molar-refractivity contribution in [3.8, 4) is 0 Å². The second kappa shape index (κ2) is 14.1. The van der Waals surface area contributed by atoms with E-state index in [-0.39, 0.29) is 36.5 Å². The molecule has 0 bridgehead atoms. The molecule has 1 aliphatic carbocycles. The molecule has 1 aromatic heterocycles. The molecule has 37 heavy (non-hydrogen) atoms. The number of para-hydroxylation sites is 1. The maximum atomic E-state index is 13.2. The SMILES string of the molecule is Cl.Cl.Nc1c2c(nc3ccccc13)CCC(CCCCCCC1CCN(Cc3ccccc3)CC1)C2=O. The lowest BCUT2D eigenvalue weighted by Crippen LogP contribution is -2.33. The molecule has 2 aromatic carbocycles.